The molecule has 2 unspecified atom stereocenters. The van der Waals surface area contributed by atoms with Crippen LogP contribution in [0.3, 0.4) is 0 Å². The molecule has 1 heterocycles. The standard InChI is InChI=1S/C21H26N2O3S/c1-14(2)20(16-8-6-5-7-9-16)22-21(24)17-10-11-19-18(13-17)12-15(3)23(19)27(4,25)26/h5-11,13-15,20H,12H2,1-4H3,(H,22,24). The van der Waals surface area contributed by atoms with Crippen LogP contribution in [0.2, 0.25) is 0 Å². The Kier molecular flexibility index (Phi) is 5.29. The molecule has 5 nitrogen and oxygen atoms in total. The molecular weight excluding hydrogens is 360 g/mol. The van der Waals surface area contributed by atoms with Gasteiger partial charge in [0.1, 0.15) is 0 Å². The lowest BCUT2D eigenvalue weighted by Gasteiger charge is -2.23. The Bertz CT molecular complexity index is 939. The first-order valence-corrected chi connectivity index (χ1v) is 11.0. The molecule has 1 aliphatic heterocycles. The molecule has 0 saturated heterocycles. The van der Waals surface area contributed by atoms with Gasteiger partial charge in [-0.25, -0.2) is 8.42 Å². The lowest BCUT2D eigenvalue weighted by Crippen LogP contribution is -2.34. The second-order valence-electron chi connectivity index (χ2n) is 7.56. The van der Waals surface area contributed by atoms with Crippen LogP contribution in [0.25, 0.3) is 0 Å². The number of hydrogen-bond acceptors (Lipinski definition) is 3. The minimum absolute atomic E-state index is 0.0848. The smallest absolute Gasteiger partial charge is 0.251 e. The fourth-order valence-corrected chi connectivity index (χ4v) is 5.03. The van der Waals surface area contributed by atoms with Crippen molar-refractivity contribution in [1.29, 1.82) is 0 Å². The fourth-order valence-electron chi connectivity index (χ4n) is 3.77. The van der Waals surface area contributed by atoms with Crippen molar-refractivity contribution in [3.8, 4) is 0 Å². The number of nitrogens with one attached hydrogen (secondary N) is 1. The number of nitrogens with zero attached hydrogens (tertiary/aromatic N) is 1. The first-order valence-electron chi connectivity index (χ1n) is 9.16. The quantitative estimate of drug-likeness (QED) is 0.855. The van der Waals surface area contributed by atoms with Gasteiger partial charge in [0.2, 0.25) is 10.0 Å². The Morgan fingerprint density at radius 1 is 1.15 bits per heavy atom. The van der Waals surface area contributed by atoms with Gasteiger partial charge in [0, 0.05) is 11.6 Å². The van der Waals surface area contributed by atoms with E-state index in [-0.39, 0.29) is 23.9 Å². The van der Waals surface area contributed by atoms with Crippen LogP contribution < -0.4 is 9.62 Å². The van der Waals surface area contributed by atoms with Gasteiger partial charge in [-0.3, -0.25) is 9.10 Å². The van der Waals surface area contributed by atoms with E-state index in [0.717, 1.165) is 11.1 Å². The molecular formula is C21H26N2O3S. The maximum atomic E-state index is 12.8. The number of sulfonamides is 1. The molecule has 0 fully saturated rings. The van der Waals surface area contributed by atoms with Crippen molar-refractivity contribution in [2.24, 2.45) is 5.92 Å². The third kappa shape index (κ3) is 4.00. The number of anilines is 1. The van der Waals surface area contributed by atoms with Gasteiger partial charge in [-0.05, 0) is 48.6 Å². The number of hydrogen-bond donors (Lipinski definition) is 1. The Hall–Kier alpha value is -2.34. The van der Waals surface area contributed by atoms with E-state index in [0.29, 0.717) is 17.7 Å². The summed E-state index contributed by atoms with van der Waals surface area (Å²) >= 11 is 0. The van der Waals surface area contributed by atoms with E-state index >= 15 is 0 Å². The van der Waals surface area contributed by atoms with Gasteiger partial charge in [-0.2, -0.15) is 0 Å². The number of carbonyl (C=O) groups excluding carboxylic acids is 1. The summed E-state index contributed by atoms with van der Waals surface area (Å²) in [5.74, 6) is 0.0948. The summed E-state index contributed by atoms with van der Waals surface area (Å²) in [5.41, 5.74) is 3.18. The highest BCUT2D eigenvalue weighted by atomic mass is 32.2. The molecule has 1 N–H and O–H groups in total. The normalized spacial score (nSPS) is 17.7. The van der Waals surface area contributed by atoms with Gasteiger partial charge in [-0.1, -0.05) is 44.2 Å². The third-order valence-electron chi connectivity index (χ3n) is 4.96. The van der Waals surface area contributed by atoms with E-state index in [1.165, 1.54) is 10.6 Å². The molecule has 0 bridgehead atoms. The zero-order chi connectivity index (χ0) is 19.8. The monoisotopic (exact) mass is 386 g/mol. The van der Waals surface area contributed by atoms with Crippen molar-refractivity contribution in [1.82, 2.24) is 5.32 Å². The minimum Gasteiger partial charge on any atom is -0.345 e. The van der Waals surface area contributed by atoms with E-state index < -0.39 is 10.0 Å². The average molecular weight is 387 g/mol. The van der Waals surface area contributed by atoms with Crippen LogP contribution in [0.15, 0.2) is 48.5 Å². The Morgan fingerprint density at radius 3 is 2.41 bits per heavy atom. The predicted molar refractivity (Wildman–Crippen MR) is 108 cm³/mol. The molecule has 0 aliphatic carbocycles. The number of amides is 1. The molecule has 2 aromatic rings. The van der Waals surface area contributed by atoms with Gasteiger partial charge >= 0.3 is 0 Å². The lowest BCUT2D eigenvalue weighted by molar-refractivity contribution is 0.0925. The molecule has 1 amide bonds. The molecule has 1 aliphatic rings. The largest absolute Gasteiger partial charge is 0.345 e. The average Bonchev–Trinajstić information content (AvgIpc) is 2.94. The summed E-state index contributed by atoms with van der Waals surface area (Å²) in [6, 6.07) is 14.9. The molecule has 0 radical (unpaired) electrons. The highest BCUT2D eigenvalue weighted by Gasteiger charge is 2.33. The highest BCUT2D eigenvalue weighted by Crippen LogP contribution is 2.35. The molecule has 6 heteroatoms. The third-order valence-corrected chi connectivity index (χ3v) is 6.24. The molecule has 2 atom stereocenters. The number of benzene rings is 2. The van der Waals surface area contributed by atoms with Crippen molar-refractivity contribution in [3.05, 3.63) is 65.2 Å². The van der Waals surface area contributed by atoms with E-state index in [1.54, 1.807) is 12.1 Å². The second kappa shape index (κ2) is 7.35. The van der Waals surface area contributed by atoms with Crippen LogP contribution in [0.4, 0.5) is 5.69 Å². The first kappa shape index (κ1) is 19.4. The van der Waals surface area contributed by atoms with E-state index in [1.807, 2.05) is 43.3 Å². The van der Waals surface area contributed by atoms with Crippen molar-refractivity contribution in [2.45, 2.75) is 39.3 Å². The molecule has 27 heavy (non-hydrogen) atoms. The maximum absolute atomic E-state index is 12.8. The van der Waals surface area contributed by atoms with Crippen molar-refractivity contribution in [3.63, 3.8) is 0 Å². The van der Waals surface area contributed by atoms with Gasteiger partial charge in [-0.15, -0.1) is 0 Å². The summed E-state index contributed by atoms with van der Waals surface area (Å²) in [4.78, 5) is 12.8. The molecule has 0 aromatic heterocycles. The second-order valence-corrected chi connectivity index (χ2v) is 9.42. The number of rotatable bonds is 5. The highest BCUT2D eigenvalue weighted by molar-refractivity contribution is 7.92. The van der Waals surface area contributed by atoms with Gasteiger partial charge < -0.3 is 5.32 Å². The Balaban J connectivity index is 1.86. The van der Waals surface area contributed by atoms with Crippen molar-refractivity contribution in [2.75, 3.05) is 10.6 Å². The molecule has 2 aromatic carbocycles. The zero-order valence-electron chi connectivity index (χ0n) is 16.1. The van der Waals surface area contributed by atoms with Crippen LogP contribution in [-0.2, 0) is 16.4 Å². The van der Waals surface area contributed by atoms with Crippen LogP contribution in [0.5, 0.6) is 0 Å². The lowest BCUT2D eigenvalue weighted by atomic mass is 9.95. The predicted octanol–water partition coefficient (Wildman–Crippen LogP) is 3.52. The minimum atomic E-state index is -3.33. The van der Waals surface area contributed by atoms with Gasteiger partial charge in [0.15, 0.2) is 0 Å². The Morgan fingerprint density at radius 2 is 1.81 bits per heavy atom. The van der Waals surface area contributed by atoms with Crippen LogP contribution >= 0.6 is 0 Å². The number of fused-ring (bicyclic) bond motifs is 1. The summed E-state index contributed by atoms with van der Waals surface area (Å²) in [5, 5.41) is 3.12. The van der Waals surface area contributed by atoms with E-state index in [2.05, 4.69) is 19.2 Å². The van der Waals surface area contributed by atoms with E-state index in [9.17, 15) is 13.2 Å². The summed E-state index contributed by atoms with van der Waals surface area (Å²) in [7, 11) is -3.33. The molecule has 0 spiro atoms. The van der Waals surface area contributed by atoms with Crippen molar-refractivity contribution < 1.29 is 13.2 Å². The topological polar surface area (TPSA) is 66.5 Å². The zero-order valence-corrected chi connectivity index (χ0v) is 17.0. The van der Waals surface area contributed by atoms with Crippen molar-refractivity contribution >= 4 is 21.6 Å². The molecule has 0 saturated carbocycles. The van der Waals surface area contributed by atoms with Crippen LogP contribution in [-0.4, -0.2) is 26.6 Å². The first-order chi connectivity index (χ1) is 12.7. The van der Waals surface area contributed by atoms with Gasteiger partial charge in [0.05, 0.1) is 18.0 Å². The van der Waals surface area contributed by atoms with Gasteiger partial charge in [0.25, 0.3) is 5.91 Å². The Labute approximate surface area is 161 Å². The van der Waals surface area contributed by atoms with E-state index in [4.69, 9.17) is 0 Å². The summed E-state index contributed by atoms with van der Waals surface area (Å²) < 4.78 is 25.5. The maximum Gasteiger partial charge on any atom is 0.251 e. The van der Waals surface area contributed by atoms with Crippen LogP contribution in [0, 0.1) is 5.92 Å². The SMILES string of the molecule is CC(C)C(NC(=O)c1ccc2c(c1)CC(C)N2S(C)(=O)=O)c1ccccc1. The summed E-state index contributed by atoms with van der Waals surface area (Å²) in [6.45, 7) is 6.03. The molecule has 144 valence electrons. The van der Waals surface area contributed by atoms with Crippen LogP contribution in [0.1, 0.15) is 48.3 Å². The fraction of sp³-hybridized carbons (Fsp3) is 0.381. The number of carbonyl (C=O) groups is 1. The molecule has 3 rings (SSSR count). The summed E-state index contributed by atoms with van der Waals surface area (Å²) in [6.07, 6.45) is 1.82.